The van der Waals surface area contributed by atoms with E-state index >= 15 is 0 Å². The van der Waals surface area contributed by atoms with E-state index in [1.165, 1.54) is 0 Å². The van der Waals surface area contributed by atoms with Crippen LogP contribution in [0.25, 0.3) is 0 Å². The van der Waals surface area contributed by atoms with Crippen molar-refractivity contribution in [3.63, 3.8) is 0 Å². The van der Waals surface area contributed by atoms with Gasteiger partial charge in [-0.15, -0.1) is 0 Å². The molecule has 0 atom stereocenters. The number of hydrogen-bond donors (Lipinski definition) is 3. The van der Waals surface area contributed by atoms with Crippen LogP contribution in [-0.2, 0) is 9.63 Å². The number of carbonyl (C=O) groups is 2. The van der Waals surface area contributed by atoms with Crippen LogP contribution in [0.2, 0.25) is 0 Å². The van der Waals surface area contributed by atoms with E-state index in [1.807, 2.05) is 4.98 Å². The van der Waals surface area contributed by atoms with Crippen molar-refractivity contribution in [2.45, 2.75) is 0 Å². The number of nitrogens with zero attached hydrogens (tertiary/aromatic N) is 1. The van der Waals surface area contributed by atoms with Crippen LogP contribution in [0.5, 0.6) is 0 Å². The molecular weight excluding hydrogens is 250 g/mol. The second-order valence-electron chi connectivity index (χ2n) is 2.97. The summed E-state index contributed by atoms with van der Waals surface area (Å²) in [5, 5.41) is 18.7. The number of H-pyrrole nitrogens is 1. The van der Waals surface area contributed by atoms with E-state index in [4.69, 9.17) is 5.11 Å². The van der Waals surface area contributed by atoms with Gasteiger partial charge in [0, 0.05) is 6.07 Å². The molecule has 0 aromatic carbocycles. The number of amides is 1. The number of aliphatic carboxylic acids is 1. The lowest BCUT2D eigenvalue weighted by molar-refractivity contribution is -0.385. The molecule has 1 rings (SSSR count). The minimum Gasteiger partial charge on any atom is -0.479 e. The highest BCUT2D eigenvalue weighted by Crippen LogP contribution is 2.07. The van der Waals surface area contributed by atoms with E-state index in [0.717, 1.165) is 12.3 Å². The molecule has 0 saturated carbocycles. The summed E-state index contributed by atoms with van der Waals surface area (Å²) in [4.78, 5) is 48.5. The van der Waals surface area contributed by atoms with E-state index < -0.39 is 40.2 Å². The van der Waals surface area contributed by atoms with Crippen LogP contribution in [0.1, 0.15) is 10.4 Å². The first-order chi connectivity index (χ1) is 8.41. The SMILES string of the molecule is O=C(O)CONC(=O)c1cc([N+](=O)[O-])c[nH]c1=O. The Hall–Kier alpha value is -2.75. The van der Waals surface area contributed by atoms with Crippen molar-refractivity contribution in [2.75, 3.05) is 6.61 Å². The van der Waals surface area contributed by atoms with Crippen LogP contribution in [0.4, 0.5) is 5.69 Å². The molecular formula is C8H7N3O7. The number of hydrogen-bond acceptors (Lipinski definition) is 6. The fraction of sp³-hybridized carbons (Fsp3) is 0.125. The minimum absolute atomic E-state index is 0.488. The molecule has 10 heteroatoms. The summed E-state index contributed by atoms with van der Waals surface area (Å²) in [5.41, 5.74) is -0.238. The molecule has 1 heterocycles. The van der Waals surface area contributed by atoms with E-state index in [-0.39, 0.29) is 0 Å². The van der Waals surface area contributed by atoms with E-state index in [9.17, 15) is 24.5 Å². The summed E-state index contributed by atoms with van der Waals surface area (Å²) in [6.07, 6.45) is 0.831. The van der Waals surface area contributed by atoms with Gasteiger partial charge in [0.05, 0.1) is 11.1 Å². The number of hydroxylamine groups is 1. The molecule has 3 N–H and O–H groups in total. The Labute approximate surface area is 98.3 Å². The normalized spacial score (nSPS) is 9.78. The molecule has 1 aromatic heterocycles. The number of carbonyl (C=O) groups excluding carboxylic acids is 1. The molecule has 1 amide bonds. The van der Waals surface area contributed by atoms with Gasteiger partial charge in [0.15, 0.2) is 6.61 Å². The second-order valence-corrected chi connectivity index (χ2v) is 2.97. The molecule has 1 aromatic rings. The van der Waals surface area contributed by atoms with Crippen molar-refractivity contribution < 1.29 is 24.5 Å². The number of aromatic nitrogens is 1. The quantitative estimate of drug-likeness (QED) is 0.453. The molecule has 0 saturated heterocycles. The molecule has 0 unspecified atom stereocenters. The van der Waals surface area contributed by atoms with Crippen LogP contribution in [0.15, 0.2) is 17.1 Å². The Balaban J connectivity index is 2.84. The number of nitrogens with one attached hydrogen (secondary N) is 2. The Morgan fingerprint density at radius 2 is 2.22 bits per heavy atom. The Morgan fingerprint density at radius 3 is 2.78 bits per heavy atom. The number of carboxylic acids is 1. The van der Waals surface area contributed by atoms with E-state index in [1.54, 1.807) is 5.48 Å². The van der Waals surface area contributed by atoms with Gasteiger partial charge in [-0.1, -0.05) is 0 Å². The lowest BCUT2D eigenvalue weighted by Crippen LogP contribution is -2.31. The molecule has 10 nitrogen and oxygen atoms in total. The molecule has 0 bridgehead atoms. The first kappa shape index (κ1) is 13.3. The van der Waals surface area contributed by atoms with Crippen molar-refractivity contribution in [3.8, 4) is 0 Å². The third-order valence-electron chi connectivity index (χ3n) is 1.70. The fourth-order valence-electron chi connectivity index (χ4n) is 0.965. The highest BCUT2D eigenvalue weighted by molar-refractivity contribution is 5.93. The van der Waals surface area contributed by atoms with E-state index in [2.05, 4.69) is 4.84 Å². The lowest BCUT2D eigenvalue weighted by Gasteiger charge is -2.02. The molecule has 0 aliphatic rings. The predicted molar refractivity (Wildman–Crippen MR) is 54.8 cm³/mol. The Bertz CT molecular complexity index is 550. The average molecular weight is 257 g/mol. The third-order valence-corrected chi connectivity index (χ3v) is 1.70. The number of rotatable bonds is 5. The van der Waals surface area contributed by atoms with Crippen molar-refractivity contribution in [2.24, 2.45) is 0 Å². The minimum atomic E-state index is -1.33. The van der Waals surface area contributed by atoms with Crippen LogP contribution in [-0.4, -0.2) is 33.5 Å². The largest absolute Gasteiger partial charge is 0.479 e. The van der Waals surface area contributed by atoms with Gasteiger partial charge in [0.25, 0.3) is 17.2 Å². The maximum Gasteiger partial charge on any atom is 0.332 e. The van der Waals surface area contributed by atoms with Gasteiger partial charge in [-0.25, -0.2) is 10.3 Å². The summed E-state index contributed by atoms with van der Waals surface area (Å²) in [6.45, 7) is -0.807. The van der Waals surface area contributed by atoms with Crippen LogP contribution in [0.3, 0.4) is 0 Å². The molecule has 0 fully saturated rings. The zero-order chi connectivity index (χ0) is 13.7. The van der Waals surface area contributed by atoms with Crippen LogP contribution < -0.4 is 11.0 Å². The number of pyridine rings is 1. The van der Waals surface area contributed by atoms with Crippen molar-refractivity contribution in [1.29, 1.82) is 0 Å². The van der Waals surface area contributed by atoms with Gasteiger partial charge in [0.2, 0.25) is 0 Å². The van der Waals surface area contributed by atoms with Crippen LogP contribution in [0, 0.1) is 10.1 Å². The maximum absolute atomic E-state index is 11.4. The molecule has 0 aliphatic heterocycles. The molecule has 96 valence electrons. The first-order valence-corrected chi connectivity index (χ1v) is 4.43. The average Bonchev–Trinajstić information content (AvgIpc) is 2.28. The van der Waals surface area contributed by atoms with Gasteiger partial charge in [0.1, 0.15) is 5.56 Å². The molecule has 18 heavy (non-hydrogen) atoms. The van der Waals surface area contributed by atoms with Gasteiger partial charge < -0.3 is 10.1 Å². The predicted octanol–water partition coefficient (Wildman–Crippen LogP) is -0.971. The van der Waals surface area contributed by atoms with Crippen molar-refractivity contribution in [3.05, 3.63) is 38.3 Å². The Morgan fingerprint density at radius 1 is 1.56 bits per heavy atom. The van der Waals surface area contributed by atoms with Crippen molar-refractivity contribution >= 4 is 17.6 Å². The zero-order valence-electron chi connectivity index (χ0n) is 8.71. The van der Waals surface area contributed by atoms with Gasteiger partial charge in [-0.3, -0.25) is 24.5 Å². The molecule has 0 aliphatic carbocycles. The second kappa shape index (κ2) is 5.54. The number of nitro groups is 1. The molecule has 0 radical (unpaired) electrons. The topological polar surface area (TPSA) is 152 Å². The van der Waals surface area contributed by atoms with Crippen molar-refractivity contribution in [1.82, 2.24) is 10.5 Å². The summed E-state index contributed by atoms with van der Waals surface area (Å²) in [7, 11) is 0. The summed E-state index contributed by atoms with van der Waals surface area (Å²) >= 11 is 0. The standard InChI is InChI=1S/C8H7N3O7/c12-6(13)3-18-10-8(15)5-1-4(11(16)17)2-9-7(5)14/h1-2H,3H2,(H,9,14)(H,10,15)(H,12,13). The third kappa shape index (κ3) is 3.38. The molecule has 0 spiro atoms. The van der Waals surface area contributed by atoms with Gasteiger partial charge in [-0.05, 0) is 0 Å². The van der Waals surface area contributed by atoms with E-state index in [0.29, 0.717) is 0 Å². The number of aromatic amines is 1. The summed E-state index contributed by atoms with van der Waals surface area (Å²) < 4.78 is 0. The van der Waals surface area contributed by atoms with Crippen LogP contribution >= 0.6 is 0 Å². The first-order valence-electron chi connectivity index (χ1n) is 4.43. The maximum atomic E-state index is 11.4. The zero-order valence-corrected chi connectivity index (χ0v) is 8.71. The number of carboxylic acid groups (broad SMARTS) is 1. The monoisotopic (exact) mass is 257 g/mol. The highest BCUT2D eigenvalue weighted by atomic mass is 16.7. The smallest absolute Gasteiger partial charge is 0.332 e. The summed E-state index contributed by atoms with van der Waals surface area (Å²) in [6, 6.07) is 0.748. The van der Waals surface area contributed by atoms with Gasteiger partial charge >= 0.3 is 5.97 Å². The Kier molecular flexibility index (Phi) is 4.10. The van der Waals surface area contributed by atoms with Gasteiger partial charge in [-0.2, -0.15) is 0 Å². The fourth-order valence-corrected chi connectivity index (χ4v) is 0.965. The highest BCUT2D eigenvalue weighted by Gasteiger charge is 2.16. The lowest BCUT2D eigenvalue weighted by atomic mass is 10.2. The summed E-state index contributed by atoms with van der Waals surface area (Å²) in [5.74, 6) is -2.41.